The highest BCUT2D eigenvalue weighted by atomic mass is 16.5. The van der Waals surface area contributed by atoms with E-state index < -0.39 is 0 Å². The number of rotatable bonds is 4. The summed E-state index contributed by atoms with van der Waals surface area (Å²) < 4.78 is 11.5. The highest BCUT2D eigenvalue weighted by Crippen LogP contribution is 2.35. The van der Waals surface area contributed by atoms with Crippen molar-refractivity contribution in [3.8, 4) is 28.1 Å². The number of aromatic nitrogens is 6. The lowest BCUT2D eigenvalue weighted by Gasteiger charge is -2.10. The monoisotopic (exact) mass is 350 g/mol. The number of methoxy groups -OCH3 is 1. The van der Waals surface area contributed by atoms with Gasteiger partial charge in [0.1, 0.15) is 17.1 Å². The minimum absolute atomic E-state index is 0.356. The summed E-state index contributed by atoms with van der Waals surface area (Å²) in [6.45, 7) is 4.28. The van der Waals surface area contributed by atoms with Crippen molar-refractivity contribution < 1.29 is 4.74 Å². The van der Waals surface area contributed by atoms with Crippen LogP contribution in [0.3, 0.4) is 0 Å². The molecule has 0 aliphatic heterocycles. The van der Waals surface area contributed by atoms with Crippen molar-refractivity contribution in [3.05, 3.63) is 42.9 Å². The van der Waals surface area contributed by atoms with E-state index in [2.05, 4.69) is 33.6 Å². The van der Waals surface area contributed by atoms with Crippen LogP contribution < -0.4 is 4.74 Å². The molecule has 4 aromatic heterocycles. The number of nitrogens with zero attached hydrogens (tertiary/aromatic N) is 6. The van der Waals surface area contributed by atoms with Gasteiger partial charge in [-0.05, 0) is 6.07 Å². The summed E-state index contributed by atoms with van der Waals surface area (Å²) in [5.74, 6) is 2.17. The third-order valence-corrected chi connectivity index (χ3v) is 4.65. The van der Waals surface area contributed by atoms with Gasteiger partial charge in [-0.3, -0.25) is 4.68 Å². The fourth-order valence-corrected chi connectivity index (χ4v) is 3.37. The van der Waals surface area contributed by atoms with Crippen LogP contribution in [0, 0.1) is 0 Å². The van der Waals surface area contributed by atoms with Gasteiger partial charge in [0.25, 0.3) is 0 Å². The first-order valence-electron chi connectivity index (χ1n) is 8.56. The molecule has 0 bridgehead atoms. The maximum absolute atomic E-state index is 5.69. The van der Waals surface area contributed by atoms with Gasteiger partial charge in [0.05, 0.1) is 31.4 Å². The van der Waals surface area contributed by atoms with E-state index in [1.54, 1.807) is 11.8 Å². The zero-order valence-electron chi connectivity index (χ0n) is 15.6. The minimum Gasteiger partial charge on any atom is -0.494 e. The van der Waals surface area contributed by atoms with Crippen LogP contribution >= 0.6 is 0 Å². The van der Waals surface area contributed by atoms with E-state index in [-0.39, 0.29) is 0 Å². The number of hydrogen-bond acceptors (Lipinski definition) is 4. The molecule has 0 unspecified atom stereocenters. The molecule has 0 radical (unpaired) electrons. The Kier molecular flexibility index (Phi) is 3.79. The van der Waals surface area contributed by atoms with Gasteiger partial charge in [-0.15, -0.1) is 0 Å². The summed E-state index contributed by atoms with van der Waals surface area (Å²) >= 11 is 0. The van der Waals surface area contributed by atoms with Crippen molar-refractivity contribution in [2.45, 2.75) is 19.8 Å². The largest absolute Gasteiger partial charge is 0.494 e. The molecule has 134 valence electrons. The lowest BCUT2D eigenvalue weighted by Crippen LogP contribution is -2.01. The third kappa shape index (κ3) is 2.47. The van der Waals surface area contributed by atoms with Crippen LogP contribution in [0.2, 0.25) is 0 Å². The molecule has 0 spiro atoms. The van der Waals surface area contributed by atoms with Gasteiger partial charge in [-0.2, -0.15) is 10.2 Å². The predicted molar refractivity (Wildman–Crippen MR) is 100 cm³/mol. The number of ether oxygens (including phenoxy) is 1. The van der Waals surface area contributed by atoms with Crippen LogP contribution in [-0.4, -0.2) is 36.1 Å². The topological polar surface area (TPSA) is 62.2 Å². The van der Waals surface area contributed by atoms with E-state index in [1.165, 1.54) is 0 Å². The number of hydrogen-bond donors (Lipinski definition) is 0. The molecule has 0 saturated heterocycles. The lowest BCUT2D eigenvalue weighted by molar-refractivity contribution is 0.418. The first-order chi connectivity index (χ1) is 12.5. The van der Waals surface area contributed by atoms with Gasteiger partial charge in [-0.1, -0.05) is 13.8 Å². The second-order valence-corrected chi connectivity index (χ2v) is 6.77. The molecule has 0 aliphatic carbocycles. The lowest BCUT2D eigenvalue weighted by atomic mass is 10.1. The van der Waals surface area contributed by atoms with Crippen LogP contribution in [0.4, 0.5) is 0 Å². The smallest absolute Gasteiger partial charge is 0.145 e. The first kappa shape index (κ1) is 16.4. The molecule has 7 heteroatoms. The third-order valence-electron chi connectivity index (χ3n) is 4.65. The quantitative estimate of drug-likeness (QED) is 0.567. The van der Waals surface area contributed by atoms with Crippen LogP contribution in [-0.2, 0) is 14.1 Å². The number of fused-ring (bicyclic) bond motifs is 1. The van der Waals surface area contributed by atoms with Crippen molar-refractivity contribution in [2.75, 3.05) is 7.11 Å². The highest BCUT2D eigenvalue weighted by Gasteiger charge is 2.18. The van der Waals surface area contributed by atoms with Gasteiger partial charge >= 0.3 is 0 Å². The molecule has 7 nitrogen and oxygen atoms in total. The molecular formula is C19H22N6O. The average Bonchev–Trinajstić information content (AvgIpc) is 3.31. The van der Waals surface area contributed by atoms with Crippen LogP contribution in [0.25, 0.3) is 27.9 Å². The van der Waals surface area contributed by atoms with Crippen molar-refractivity contribution in [1.29, 1.82) is 0 Å². The normalized spacial score (nSPS) is 11.6. The number of pyridine rings is 1. The summed E-state index contributed by atoms with van der Waals surface area (Å²) in [5.41, 5.74) is 4.98. The molecular weight excluding hydrogens is 328 g/mol. The van der Waals surface area contributed by atoms with Crippen LogP contribution in [0.15, 0.2) is 37.1 Å². The Hall–Kier alpha value is -3.09. The standard InChI is InChI=1S/C19H22N6O/c1-12(2)19-20-9-16(24(19)4)15-8-22-25-11-13(6-17(26-5)18(15)25)14-7-21-23(3)10-14/h6-12H,1-5H3. The van der Waals surface area contributed by atoms with Crippen molar-refractivity contribution in [1.82, 2.24) is 28.9 Å². The molecule has 0 aliphatic rings. The Labute approximate surface area is 151 Å². The number of imidazole rings is 1. The van der Waals surface area contributed by atoms with E-state index in [4.69, 9.17) is 4.74 Å². The summed E-state index contributed by atoms with van der Waals surface area (Å²) in [5, 5.41) is 8.81. The van der Waals surface area contributed by atoms with Gasteiger partial charge in [0, 0.05) is 49.1 Å². The molecule has 0 aromatic carbocycles. The Balaban J connectivity index is 1.91. The maximum atomic E-state index is 5.69. The fraction of sp³-hybridized carbons (Fsp3) is 0.316. The summed E-state index contributed by atoms with van der Waals surface area (Å²) in [7, 11) is 5.62. The molecule has 26 heavy (non-hydrogen) atoms. The van der Waals surface area contributed by atoms with E-state index in [1.807, 2.05) is 55.7 Å². The zero-order chi connectivity index (χ0) is 18.4. The Morgan fingerprint density at radius 3 is 2.42 bits per heavy atom. The van der Waals surface area contributed by atoms with Crippen molar-refractivity contribution in [3.63, 3.8) is 0 Å². The van der Waals surface area contributed by atoms with Crippen molar-refractivity contribution >= 4 is 5.52 Å². The molecule has 4 heterocycles. The molecule has 0 fully saturated rings. The predicted octanol–water partition coefficient (Wildman–Crippen LogP) is 3.27. The highest BCUT2D eigenvalue weighted by molar-refractivity contribution is 5.85. The van der Waals surface area contributed by atoms with E-state index in [9.17, 15) is 0 Å². The van der Waals surface area contributed by atoms with E-state index in [0.717, 1.165) is 39.5 Å². The Morgan fingerprint density at radius 2 is 1.81 bits per heavy atom. The summed E-state index contributed by atoms with van der Waals surface area (Å²) in [6.07, 6.45) is 9.58. The fourth-order valence-electron chi connectivity index (χ4n) is 3.37. The average molecular weight is 350 g/mol. The van der Waals surface area contributed by atoms with Gasteiger partial charge < -0.3 is 9.30 Å². The second kappa shape index (κ2) is 6.01. The SMILES string of the molecule is COc1cc(-c2cnn(C)c2)cn2ncc(-c3cnc(C(C)C)n3C)c12. The van der Waals surface area contributed by atoms with E-state index >= 15 is 0 Å². The Bertz CT molecular complexity index is 1090. The van der Waals surface area contributed by atoms with Gasteiger partial charge in [-0.25, -0.2) is 9.50 Å². The molecule has 4 aromatic rings. The first-order valence-corrected chi connectivity index (χ1v) is 8.56. The van der Waals surface area contributed by atoms with Crippen molar-refractivity contribution in [2.24, 2.45) is 14.1 Å². The van der Waals surface area contributed by atoms with Gasteiger partial charge in [0.2, 0.25) is 0 Å². The molecule has 0 N–H and O–H groups in total. The Morgan fingerprint density at radius 1 is 1.00 bits per heavy atom. The van der Waals surface area contributed by atoms with Gasteiger partial charge in [0.15, 0.2) is 0 Å². The molecule has 0 atom stereocenters. The maximum Gasteiger partial charge on any atom is 0.145 e. The summed E-state index contributed by atoms with van der Waals surface area (Å²) in [6, 6.07) is 2.03. The minimum atomic E-state index is 0.356. The second-order valence-electron chi connectivity index (χ2n) is 6.77. The molecule has 0 amide bonds. The number of aryl methyl sites for hydroxylation is 1. The summed E-state index contributed by atoms with van der Waals surface area (Å²) in [4.78, 5) is 4.58. The molecule has 0 saturated carbocycles. The van der Waals surface area contributed by atoms with Crippen LogP contribution in [0.5, 0.6) is 5.75 Å². The van der Waals surface area contributed by atoms with Crippen LogP contribution in [0.1, 0.15) is 25.6 Å². The molecule has 4 rings (SSSR count). The zero-order valence-corrected chi connectivity index (χ0v) is 15.6. The van der Waals surface area contributed by atoms with E-state index in [0.29, 0.717) is 5.92 Å².